The van der Waals surface area contributed by atoms with Crippen LogP contribution < -0.4 is 0 Å². The van der Waals surface area contributed by atoms with Gasteiger partial charge in [0.2, 0.25) is 0 Å². The Morgan fingerprint density at radius 2 is 1.40 bits per heavy atom. The van der Waals surface area contributed by atoms with E-state index in [9.17, 15) is 24.9 Å². The molecule has 5 aliphatic carbocycles. The van der Waals surface area contributed by atoms with E-state index in [1.807, 2.05) is 13.8 Å². The first-order valence-electron chi connectivity index (χ1n) is 18.1. The van der Waals surface area contributed by atoms with E-state index in [0.717, 1.165) is 31.3 Å². The van der Waals surface area contributed by atoms with Gasteiger partial charge in [-0.1, -0.05) is 78.7 Å². The van der Waals surface area contributed by atoms with Gasteiger partial charge < -0.3 is 24.8 Å². The van der Waals surface area contributed by atoms with Crippen LogP contribution in [0.1, 0.15) is 121 Å². The molecule has 0 amide bonds. The van der Waals surface area contributed by atoms with Crippen LogP contribution in [-0.4, -0.2) is 58.3 Å². The Hall–Kier alpha value is -1.96. The number of allylic oxidation sites excluding steroid dienone is 3. The number of aliphatic hydroxyl groups excluding tert-OH is 3. The molecule has 3 unspecified atom stereocenters. The molecule has 3 N–H and O–H groups in total. The van der Waals surface area contributed by atoms with Gasteiger partial charge in [0.05, 0.1) is 24.2 Å². The number of rotatable bonds is 5. The molecule has 4 saturated carbocycles. The standard InChI is InChI=1S/C40H62O7/c1-12-23(3)33(44)46-31-32(47-34(45)24(4)13-2)40(22-41)26(21-36(31,7)8)25-15-16-28-37(9)19-14-18-35(5,6)27(37)17-20-38(28,10)39(25,11)29(42)30(40)43/h12-13,15,26-32,41-43H,14,16-22H2,1-11H3/b23-12-,24-13-/t26?,27?,28?,29-,30+,31-,32+,37-,38+,39-,40-/m0/s1. The molecule has 264 valence electrons. The predicted octanol–water partition coefficient (Wildman–Crippen LogP) is 7.09. The highest BCUT2D eigenvalue weighted by molar-refractivity contribution is 5.88. The number of carbonyl (C=O) groups excluding carboxylic acids is 2. The third-order valence-corrected chi connectivity index (χ3v) is 15.2. The van der Waals surface area contributed by atoms with Crippen molar-refractivity contribution in [2.24, 2.45) is 50.2 Å². The zero-order chi connectivity index (χ0) is 35.1. The van der Waals surface area contributed by atoms with Gasteiger partial charge in [-0.2, -0.15) is 0 Å². The Kier molecular flexibility index (Phi) is 9.14. The molecule has 0 spiro atoms. The molecule has 5 rings (SSSR count). The van der Waals surface area contributed by atoms with E-state index in [2.05, 4.69) is 40.7 Å². The summed E-state index contributed by atoms with van der Waals surface area (Å²) in [5.74, 6) is -0.643. The summed E-state index contributed by atoms with van der Waals surface area (Å²) >= 11 is 0. The number of aliphatic hydroxyl groups is 3. The minimum absolute atomic E-state index is 0.105. The molecule has 0 bridgehead atoms. The summed E-state index contributed by atoms with van der Waals surface area (Å²) in [4.78, 5) is 26.8. The van der Waals surface area contributed by atoms with Gasteiger partial charge in [-0.3, -0.25) is 0 Å². The molecule has 0 radical (unpaired) electrons. The number of carbonyl (C=O) groups is 2. The number of ether oxygens (including phenoxy) is 2. The Morgan fingerprint density at radius 1 is 0.830 bits per heavy atom. The number of hydrogen-bond acceptors (Lipinski definition) is 7. The summed E-state index contributed by atoms with van der Waals surface area (Å²) < 4.78 is 12.5. The molecular weight excluding hydrogens is 592 g/mol. The Labute approximate surface area is 283 Å². The molecule has 0 saturated heterocycles. The average Bonchev–Trinajstić information content (AvgIpc) is 3.00. The van der Waals surface area contributed by atoms with Gasteiger partial charge in [-0.05, 0) is 100 Å². The number of esters is 2. The zero-order valence-corrected chi connectivity index (χ0v) is 30.9. The second-order valence-electron chi connectivity index (χ2n) is 18.0. The molecule has 0 aromatic rings. The Bertz CT molecular complexity index is 1370. The summed E-state index contributed by atoms with van der Waals surface area (Å²) in [6.07, 6.45) is 7.77. The third kappa shape index (κ3) is 4.90. The van der Waals surface area contributed by atoms with E-state index < -0.39 is 65.1 Å². The molecule has 0 aliphatic heterocycles. The predicted molar refractivity (Wildman–Crippen MR) is 183 cm³/mol. The molecule has 4 fully saturated rings. The van der Waals surface area contributed by atoms with Crippen molar-refractivity contribution in [2.45, 2.75) is 146 Å². The van der Waals surface area contributed by atoms with Gasteiger partial charge in [0.1, 0.15) is 6.10 Å². The van der Waals surface area contributed by atoms with Gasteiger partial charge in [-0.15, -0.1) is 0 Å². The van der Waals surface area contributed by atoms with Crippen LogP contribution in [0.25, 0.3) is 0 Å². The maximum atomic E-state index is 13.5. The van der Waals surface area contributed by atoms with Crippen LogP contribution in [0.2, 0.25) is 0 Å². The largest absolute Gasteiger partial charge is 0.454 e. The van der Waals surface area contributed by atoms with E-state index in [4.69, 9.17) is 9.47 Å². The van der Waals surface area contributed by atoms with Crippen molar-refractivity contribution in [1.82, 2.24) is 0 Å². The molecule has 47 heavy (non-hydrogen) atoms. The highest BCUT2D eigenvalue weighted by Gasteiger charge is 2.76. The van der Waals surface area contributed by atoms with E-state index in [1.165, 1.54) is 12.8 Å². The minimum atomic E-state index is -1.49. The van der Waals surface area contributed by atoms with Crippen molar-refractivity contribution < 1.29 is 34.4 Å². The van der Waals surface area contributed by atoms with Crippen LogP contribution in [0.15, 0.2) is 34.9 Å². The fourth-order valence-electron chi connectivity index (χ4n) is 12.0. The second kappa shape index (κ2) is 11.8. The van der Waals surface area contributed by atoms with Crippen molar-refractivity contribution in [3.05, 3.63) is 34.9 Å². The smallest absolute Gasteiger partial charge is 0.333 e. The molecule has 0 aromatic carbocycles. The average molecular weight is 655 g/mol. The third-order valence-electron chi connectivity index (χ3n) is 15.2. The van der Waals surface area contributed by atoms with Crippen molar-refractivity contribution >= 4 is 11.9 Å². The first kappa shape index (κ1) is 36.3. The lowest BCUT2D eigenvalue weighted by molar-refractivity contribution is -0.290. The quantitative estimate of drug-likeness (QED) is 0.165. The van der Waals surface area contributed by atoms with Crippen LogP contribution in [0.5, 0.6) is 0 Å². The van der Waals surface area contributed by atoms with Gasteiger partial charge in [0.15, 0.2) is 6.10 Å². The van der Waals surface area contributed by atoms with Gasteiger partial charge in [0.25, 0.3) is 0 Å². The minimum Gasteiger partial charge on any atom is -0.454 e. The zero-order valence-electron chi connectivity index (χ0n) is 30.9. The molecule has 11 atom stereocenters. The Morgan fingerprint density at radius 3 is 1.96 bits per heavy atom. The monoisotopic (exact) mass is 654 g/mol. The van der Waals surface area contributed by atoms with Crippen molar-refractivity contribution in [2.75, 3.05) is 6.61 Å². The second-order valence-corrected chi connectivity index (χ2v) is 18.0. The SMILES string of the molecule is C/C=C(/C)C(=O)O[C@@H]1[C@H](OC(=O)/C(C)=C\C)C(C)(C)CC2C3=CCC4[C@@]5(C)CCCC(C)(C)C5CC[C@@]4(C)[C@]3(C)[C@@H](O)[C@@H](O)[C@]21CO. The summed E-state index contributed by atoms with van der Waals surface area (Å²) in [7, 11) is 0. The lowest BCUT2D eigenvalue weighted by atomic mass is 9.32. The van der Waals surface area contributed by atoms with E-state index in [1.54, 1.807) is 39.8 Å². The van der Waals surface area contributed by atoms with Gasteiger partial charge in [0, 0.05) is 22.0 Å². The normalized spacial score (nSPS) is 45.7. The van der Waals surface area contributed by atoms with Crippen molar-refractivity contribution in [1.29, 1.82) is 0 Å². The summed E-state index contributed by atoms with van der Waals surface area (Å²) in [6.45, 7) is 22.2. The van der Waals surface area contributed by atoms with Crippen LogP contribution >= 0.6 is 0 Å². The number of hydrogen-bond donors (Lipinski definition) is 3. The van der Waals surface area contributed by atoms with Crippen molar-refractivity contribution in [3.63, 3.8) is 0 Å². The first-order chi connectivity index (χ1) is 21.7. The molecule has 7 heteroatoms. The van der Waals surface area contributed by atoms with Crippen molar-refractivity contribution in [3.8, 4) is 0 Å². The fraction of sp³-hybridized carbons (Fsp3) is 0.800. The van der Waals surface area contributed by atoms with Crippen LogP contribution in [0.4, 0.5) is 0 Å². The lowest BCUT2D eigenvalue weighted by Gasteiger charge is -2.73. The fourth-order valence-corrected chi connectivity index (χ4v) is 12.0. The Balaban J connectivity index is 1.69. The lowest BCUT2D eigenvalue weighted by Crippen LogP contribution is -2.76. The molecule has 5 aliphatic rings. The van der Waals surface area contributed by atoms with E-state index in [0.29, 0.717) is 29.4 Å². The summed E-state index contributed by atoms with van der Waals surface area (Å²) in [5, 5.41) is 36.7. The summed E-state index contributed by atoms with van der Waals surface area (Å²) in [5.41, 5.74) is -1.07. The highest BCUT2D eigenvalue weighted by atomic mass is 16.6. The van der Waals surface area contributed by atoms with Gasteiger partial charge in [-0.25, -0.2) is 9.59 Å². The molecular formula is C40H62O7. The molecule has 0 aromatic heterocycles. The maximum absolute atomic E-state index is 13.5. The maximum Gasteiger partial charge on any atom is 0.333 e. The van der Waals surface area contributed by atoms with E-state index >= 15 is 0 Å². The van der Waals surface area contributed by atoms with Crippen LogP contribution in [0.3, 0.4) is 0 Å². The topological polar surface area (TPSA) is 113 Å². The molecule has 7 nitrogen and oxygen atoms in total. The summed E-state index contributed by atoms with van der Waals surface area (Å²) in [6, 6.07) is 0. The number of fused-ring (bicyclic) bond motifs is 7. The van der Waals surface area contributed by atoms with Gasteiger partial charge >= 0.3 is 11.9 Å². The first-order valence-corrected chi connectivity index (χ1v) is 18.1. The molecule has 0 heterocycles. The van der Waals surface area contributed by atoms with E-state index in [-0.39, 0.29) is 16.2 Å². The van der Waals surface area contributed by atoms with Crippen LogP contribution in [0, 0.1) is 50.2 Å². The van der Waals surface area contributed by atoms with Crippen LogP contribution in [-0.2, 0) is 19.1 Å². The highest BCUT2D eigenvalue weighted by Crippen LogP contribution is 2.76.